The second-order valence-electron chi connectivity index (χ2n) is 4.52. The molecule has 1 atom stereocenters. The van der Waals surface area contributed by atoms with E-state index in [2.05, 4.69) is 13.8 Å². The first-order valence-corrected chi connectivity index (χ1v) is 4.91. The summed E-state index contributed by atoms with van der Waals surface area (Å²) in [4.78, 5) is 0. The van der Waals surface area contributed by atoms with Crippen molar-refractivity contribution in [1.29, 1.82) is 0 Å². The van der Waals surface area contributed by atoms with E-state index < -0.39 is 0 Å². The summed E-state index contributed by atoms with van der Waals surface area (Å²) in [6.45, 7) is 6.39. The molecule has 0 spiro atoms. The average molecular weight is 168 g/mol. The molecule has 0 radical (unpaired) electrons. The van der Waals surface area contributed by atoms with E-state index in [-0.39, 0.29) is 6.10 Å². The van der Waals surface area contributed by atoms with Crippen LogP contribution in [-0.2, 0) is 0 Å². The second-order valence-corrected chi connectivity index (χ2v) is 4.52. The Balaban J connectivity index is 2.72. The summed E-state index contributed by atoms with van der Waals surface area (Å²) in [5.74, 6) is 0. The van der Waals surface area contributed by atoms with E-state index in [1.165, 1.54) is 31.3 Å². The van der Waals surface area contributed by atoms with Crippen molar-refractivity contribution in [2.45, 2.75) is 52.6 Å². The van der Waals surface area contributed by atoms with Crippen LogP contribution in [0, 0.1) is 5.41 Å². The summed E-state index contributed by atoms with van der Waals surface area (Å²) in [6, 6.07) is 0. The Morgan fingerprint density at radius 3 is 2.58 bits per heavy atom. The highest BCUT2D eigenvalue weighted by atomic mass is 16.3. The number of aliphatic hydroxyl groups excluding tert-OH is 1. The average Bonchev–Trinajstić information content (AvgIpc) is 1.92. The maximum Gasteiger partial charge on any atom is 0.0695 e. The molecule has 0 amide bonds. The van der Waals surface area contributed by atoms with Crippen molar-refractivity contribution in [1.82, 2.24) is 0 Å². The van der Waals surface area contributed by atoms with E-state index in [0.717, 1.165) is 0 Å². The van der Waals surface area contributed by atoms with Gasteiger partial charge in [-0.1, -0.05) is 31.9 Å². The van der Waals surface area contributed by atoms with Gasteiger partial charge in [0.1, 0.15) is 0 Å². The van der Waals surface area contributed by atoms with Gasteiger partial charge in [0.15, 0.2) is 0 Å². The fourth-order valence-corrected chi connectivity index (χ4v) is 1.98. The van der Waals surface area contributed by atoms with Crippen LogP contribution in [0.15, 0.2) is 11.6 Å². The SMILES string of the molecule is CC(O)/C=C1/CCCCC1(C)C. The molecule has 1 saturated carbocycles. The molecule has 1 fully saturated rings. The number of rotatable bonds is 1. The van der Waals surface area contributed by atoms with Crippen LogP contribution >= 0.6 is 0 Å². The van der Waals surface area contributed by atoms with Gasteiger partial charge >= 0.3 is 0 Å². The van der Waals surface area contributed by atoms with Gasteiger partial charge in [-0.05, 0) is 31.6 Å². The van der Waals surface area contributed by atoms with Gasteiger partial charge in [0.2, 0.25) is 0 Å². The summed E-state index contributed by atoms with van der Waals surface area (Å²) in [6.07, 6.45) is 6.83. The highest BCUT2D eigenvalue weighted by Crippen LogP contribution is 2.39. The number of hydrogen-bond acceptors (Lipinski definition) is 1. The first kappa shape index (κ1) is 9.79. The topological polar surface area (TPSA) is 20.2 Å². The molecular formula is C11H20O. The smallest absolute Gasteiger partial charge is 0.0695 e. The molecule has 0 saturated heterocycles. The molecule has 70 valence electrons. The molecule has 12 heavy (non-hydrogen) atoms. The van der Waals surface area contributed by atoms with E-state index in [9.17, 15) is 5.11 Å². The number of hydrogen-bond donors (Lipinski definition) is 1. The van der Waals surface area contributed by atoms with Crippen molar-refractivity contribution in [3.63, 3.8) is 0 Å². The van der Waals surface area contributed by atoms with Crippen LogP contribution in [-0.4, -0.2) is 11.2 Å². The Labute approximate surface area is 75.5 Å². The number of allylic oxidation sites excluding steroid dienone is 1. The van der Waals surface area contributed by atoms with E-state index in [4.69, 9.17) is 0 Å². The fraction of sp³-hybridized carbons (Fsp3) is 0.818. The molecule has 1 nitrogen and oxygen atoms in total. The summed E-state index contributed by atoms with van der Waals surface area (Å²) in [5, 5.41) is 9.26. The van der Waals surface area contributed by atoms with Crippen molar-refractivity contribution in [3.8, 4) is 0 Å². The minimum absolute atomic E-state index is 0.280. The van der Waals surface area contributed by atoms with E-state index in [1.807, 2.05) is 13.0 Å². The second kappa shape index (κ2) is 3.61. The van der Waals surface area contributed by atoms with Crippen LogP contribution in [0.5, 0.6) is 0 Å². The van der Waals surface area contributed by atoms with Gasteiger partial charge in [-0.25, -0.2) is 0 Å². The summed E-state index contributed by atoms with van der Waals surface area (Å²) in [7, 11) is 0. The molecule has 1 aliphatic carbocycles. The molecule has 1 unspecified atom stereocenters. The standard InChI is InChI=1S/C11H20O/c1-9(12)8-10-6-4-5-7-11(10,2)3/h8-9,12H,4-7H2,1-3H3/b10-8-. The van der Waals surface area contributed by atoms with Crippen LogP contribution in [0.2, 0.25) is 0 Å². The maximum absolute atomic E-state index is 9.26. The van der Waals surface area contributed by atoms with Crippen LogP contribution < -0.4 is 0 Å². The Hall–Kier alpha value is -0.300. The molecular weight excluding hydrogens is 148 g/mol. The third-order valence-corrected chi connectivity index (χ3v) is 2.81. The molecule has 1 aliphatic rings. The monoisotopic (exact) mass is 168 g/mol. The van der Waals surface area contributed by atoms with Crippen LogP contribution in [0.25, 0.3) is 0 Å². The van der Waals surface area contributed by atoms with Gasteiger partial charge < -0.3 is 5.11 Å². The summed E-state index contributed by atoms with van der Waals surface area (Å²) < 4.78 is 0. The summed E-state index contributed by atoms with van der Waals surface area (Å²) >= 11 is 0. The molecule has 1 rings (SSSR count). The highest BCUT2D eigenvalue weighted by molar-refractivity contribution is 5.15. The summed E-state index contributed by atoms with van der Waals surface area (Å²) in [5.41, 5.74) is 1.78. The van der Waals surface area contributed by atoms with Crippen LogP contribution in [0.4, 0.5) is 0 Å². The Morgan fingerprint density at radius 1 is 1.42 bits per heavy atom. The molecule has 0 heterocycles. The minimum Gasteiger partial charge on any atom is -0.389 e. The predicted octanol–water partition coefficient (Wildman–Crippen LogP) is 2.89. The van der Waals surface area contributed by atoms with E-state index in [0.29, 0.717) is 5.41 Å². The van der Waals surface area contributed by atoms with Crippen molar-refractivity contribution in [2.24, 2.45) is 5.41 Å². The Morgan fingerprint density at radius 2 is 2.08 bits per heavy atom. The van der Waals surface area contributed by atoms with Crippen molar-refractivity contribution >= 4 is 0 Å². The lowest BCUT2D eigenvalue weighted by molar-refractivity contribution is 0.236. The lowest BCUT2D eigenvalue weighted by Gasteiger charge is -2.33. The zero-order valence-electron chi connectivity index (χ0n) is 8.43. The predicted molar refractivity (Wildman–Crippen MR) is 52.0 cm³/mol. The van der Waals surface area contributed by atoms with Gasteiger partial charge in [0, 0.05) is 0 Å². The Kier molecular flexibility index (Phi) is 2.94. The lowest BCUT2D eigenvalue weighted by atomic mass is 9.73. The molecule has 0 aromatic heterocycles. The van der Waals surface area contributed by atoms with Crippen molar-refractivity contribution < 1.29 is 5.11 Å². The third kappa shape index (κ3) is 2.34. The highest BCUT2D eigenvalue weighted by Gasteiger charge is 2.26. The van der Waals surface area contributed by atoms with Crippen molar-refractivity contribution in [3.05, 3.63) is 11.6 Å². The van der Waals surface area contributed by atoms with E-state index >= 15 is 0 Å². The van der Waals surface area contributed by atoms with E-state index in [1.54, 1.807) is 0 Å². The van der Waals surface area contributed by atoms with Gasteiger partial charge in [0.25, 0.3) is 0 Å². The first-order chi connectivity index (χ1) is 5.52. The first-order valence-electron chi connectivity index (χ1n) is 4.91. The van der Waals surface area contributed by atoms with Crippen LogP contribution in [0.3, 0.4) is 0 Å². The zero-order valence-corrected chi connectivity index (χ0v) is 8.43. The van der Waals surface area contributed by atoms with Crippen molar-refractivity contribution in [2.75, 3.05) is 0 Å². The third-order valence-electron chi connectivity index (χ3n) is 2.81. The Bertz CT molecular complexity index is 177. The lowest BCUT2D eigenvalue weighted by Crippen LogP contribution is -2.20. The molecule has 0 aromatic carbocycles. The maximum atomic E-state index is 9.26. The molecule has 1 N–H and O–H groups in total. The zero-order chi connectivity index (χ0) is 9.19. The molecule has 0 aliphatic heterocycles. The quantitative estimate of drug-likeness (QED) is 0.597. The fourth-order valence-electron chi connectivity index (χ4n) is 1.98. The molecule has 0 aromatic rings. The van der Waals surface area contributed by atoms with Gasteiger partial charge in [-0.15, -0.1) is 0 Å². The van der Waals surface area contributed by atoms with Gasteiger partial charge in [-0.2, -0.15) is 0 Å². The van der Waals surface area contributed by atoms with Crippen LogP contribution in [0.1, 0.15) is 46.5 Å². The normalized spacial score (nSPS) is 28.8. The number of aliphatic hydroxyl groups is 1. The minimum atomic E-state index is -0.280. The van der Waals surface area contributed by atoms with Gasteiger partial charge in [-0.3, -0.25) is 0 Å². The molecule has 0 bridgehead atoms. The molecule has 1 heteroatoms. The largest absolute Gasteiger partial charge is 0.389 e. The van der Waals surface area contributed by atoms with Gasteiger partial charge in [0.05, 0.1) is 6.10 Å².